The van der Waals surface area contributed by atoms with Crippen LogP contribution in [0.1, 0.15) is 10.4 Å². The fraction of sp³-hybridized carbons (Fsp3) is 0. The van der Waals surface area contributed by atoms with Crippen molar-refractivity contribution in [3.05, 3.63) is 40.9 Å². The van der Waals surface area contributed by atoms with Crippen LogP contribution in [0.3, 0.4) is 0 Å². The number of rotatable bonds is 2. The molecule has 4 nitrogen and oxygen atoms in total. The van der Waals surface area contributed by atoms with E-state index in [9.17, 15) is 4.79 Å². The van der Waals surface area contributed by atoms with E-state index >= 15 is 0 Å². The van der Waals surface area contributed by atoms with E-state index in [4.69, 9.17) is 23.1 Å². The molecule has 0 saturated heterocycles. The molecule has 1 aromatic carbocycles. The average Bonchev–Trinajstić information content (AvgIpc) is 2.61. The maximum absolute atomic E-state index is 11.0. The molecule has 0 spiro atoms. The summed E-state index contributed by atoms with van der Waals surface area (Å²) >= 11 is 5.78. The minimum atomic E-state index is -0.547. The lowest BCUT2D eigenvalue weighted by Crippen LogP contribution is -2.11. The van der Waals surface area contributed by atoms with Crippen molar-refractivity contribution >= 4 is 23.3 Å². The van der Waals surface area contributed by atoms with Gasteiger partial charge in [-0.15, -0.1) is 0 Å². The first-order chi connectivity index (χ1) is 7.58. The number of primary amides is 1. The average molecular weight is 236 g/mol. The van der Waals surface area contributed by atoms with Gasteiger partial charge in [0, 0.05) is 10.7 Å². The quantitative estimate of drug-likeness (QED) is 0.744. The van der Waals surface area contributed by atoms with Crippen LogP contribution in [0.15, 0.2) is 30.3 Å². The number of H-pyrrole nitrogens is 1. The van der Waals surface area contributed by atoms with Crippen molar-refractivity contribution in [3.8, 4) is 11.3 Å². The number of nitrogen functional groups attached to an aromatic ring is 1. The Morgan fingerprint density at radius 2 is 1.88 bits per heavy atom. The summed E-state index contributed by atoms with van der Waals surface area (Å²) < 4.78 is 0. The van der Waals surface area contributed by atoms with E-state index in [1.54, 1.807) is 18.2 Å². The minimum Gasteiger partial charge on any atom is -0.385 e. The zero-order chi connectivity index (χ0) is 11.7. The first-order valence-electron chi connectivity index (χ1n) is 4.62. The van der Waals surface area contributed by atoms with Crippen LogP contribution in [0.25, 0.3) is 11.3 Å². The number of amides is 1. The summed E-state index contributed by atoms with van der Waals surface area (Å²) in [5.41, 5.74) is 12.7. The van der Waals surface area contributed by atoms with Crippen molar-refractivity contribution in [2.24, 2.45) is 5.73 Å². The van der Waals surface area contributed by atoms with E-state index in [1.165, 1.54) is 0 Å². The van der Waals surface area contributed by atoms with Crippen LogP contribution >= 0.6 is 11.6 Å². The van der Waals surface area contributed by atoms with Crippen molar-refractivity contribution in [2.45, 2.75) is 0 Å². The maximum Gasteiger partial charge on any atom is 0.252 e. The molecule has 5 heteroatoms. The van der Waals surface area contributed by atoms with Crippen molar-refractivity contribution in [3.63, 3.8) is 0 Å². The first kappa shape index (κ1) is 10.6. The first-order valence-corrected chi connectivity index (χ1v) is 5.00. The molecule has 0 radical (unpaired) electrons. The molecule has 0 unspecified atom stereocenters. The summed E-state index contributed by atoms with van der Waals surface area (Å²) in [6.45, 7) is 0. The Kier molecular flexibility index (Phi) is 2.58. The van der Waals surface area contributed by atoms with Gasteiger partial charge in [-0.2, -0.15) is 0 Å². The lowest BCUT2D eigenvalue weighted by molar-refractivity contribution is 0.100. The van der Waals surface area contributed by atoms with Crippen LogP contribution in [-0.2, 0) is 0 Å². The number of carbonyl (C=O) groups excluding carboxylic acids is 1. The molecule has 82 valence electrons. The Morgan fingerprint density at radius 1 is 1.25 bits per heavy atom. The number of nitrogens with one attached hydrogen (secondary N) is 1. The van der Waals surface area contributed by atoms with Crippen LogP contribution in [0.2, 0.25) is 5.02 Å². The van der Waals surface area contributed by atoms with E-state index in [0.29, 0.717) is 10.6 Å². The fourth-order valence-electron chi connectivity index (χ4n) is 1.46. The van der Waals surface area contributed by atoms with E-state index in [0.717, 1.165) is 11.3 Å². The third-order valence-electron chi connectivity index (χ3n) is 2.27. The smallest absolute Gasteiger partial charge is 0.252 e. The van der Waals surface area contributed by atoms with Gasteiger partial charge in [0.1, 0.15) is 5.82 Å². The molecule has 1 aromatic heterocycles. The van der Waals surface area contributed by atoms with E-state index in [2.05, 4.69) is 4.98 Å². The Morgan fingerprint density at radius 3 is 2.38 bits per heavy atom. The van der Waals surface area contributed by atoms with Crippen molar-refractivity contribution in [1.29, 1.82) is 0 Å². The van der Waals surface area contributed by atoms with Crippen LogP contribution in [-0.4, -0.2) is 10.9 Å². The molecule has 1 amide bonds. The zero-order valence-corrected chi connectivity index (χ0v) is 9.08. The number of hydrogen-bond acceptors (Lipinski definition) is 2. The van der Waals surface area contributed by atoms with E-state index in [1.807, 2.05) is 12.1 Å². The number of aromatic amines is 1. The topological polar surface area (TPSA) is 84.9 Å². The fourth-order valence-corrected chi connectivity index (χ4v) is 1.59. The summed E-state index contributed by atoms with van der Waals surface area (Å²) in [5, 5.41) is 0.651. The van der Waals surface area contributed by atoms with Crippen LogP contribution in [0.5, 0.6) is 0 Å². The molecule has 5 N–H and O–H groups in total. The summed E-state index contributed by atoms with van der Waals surface area (Å²) in [4.78, 5) is 13.9. The Labute approximate surface area is 97.2 Å². The Balaban J connectivity index is 2.45. The third-order valence-corrected chi connectivity index (χ3v) is 2.52. The normalized spacial score (nSPS) is 10.3. The highest BCUT2D eigenvalue weighted by molar-refractivity contribution is 6.30. The molecule has 0 aliphatic carbocycles. The Bertz CT molecular complexity index is 531. The van der Waals surface area contributed by atoms with Gasteiger partial charge in [-0.3, -0.25) is 4.79 Å². The highest BCUT2D eigenvalue weighted by Crippen LogP contribution is 2.24. The summed E-state index contributed by atoms with van der Waals surface area (Å²) in [5.74, 6) is -0.272. The van der Waals surface area contributed by atoms with E-state index in [-0.39, 0.29) is 5.82 Å². The summed E-state index contributed by atoms with van der Waals surface area (Å²) in [6.07, 6.45) is 0. The molecule has 16 heavy (non-hydrogen) atoms. The summed E-state index contributed by atoms with van der Waals surface area (Å²) in [6, 6.07) is 8.81. The number of hydrogen-bond donors (Lipinski definition) is 3. The van der Waals surface area contributed by atoms with Gasteiger partial charge in [-0.1, -0.05) is 23.7 Å². The molecular formula is C11H10ClN3O. The lowest BCUT2D eigenvalue weighted by atomic mass is 10.1. The number of aromatic nitrogens is 1. The highest BCUT2D eigenvalue weighted by atomic mass is 35.5. The molecule has 0 aliphatic rings. The van der Waals surface area contributed by atoms with Gasteiger partial charge >= 0.3 is 0 Å². The second-order valence-electron chi connectivity index (χ2n) is 3.38. The van der Waals surface area contributed by atoms with Gasteiger partial charge in [-0.05, 0) is 23.8 Å². The number of carbonyl (C=O) groups is 1. The van der Waals surface area contributed by atoms with E-state index < -0.39 is 5.91 Å². The maximum atomic E-state index is 11.0. The van der Waals surface area contributed by atoms with Gasteiger partial charge in [0.15, 0.2) is 0 Å². The minimum absolute atomic E-state index is 0.275. The monoisotopic (exact) mass is 235 g/mol. The SMILES string of the molecule is NC(=O)c1cc(-c2ccc(Cl)cc2)[nH]c1N. The zero-order valence-electron chi connectivity index (χ0n) is 8.33. The second-order valence-corrected chi connectivity index (χ2v) is 3.82. The number of nitrogens with two attached hydrogens (primary N) is 2. The van der Waals surface area contributed by atoms with Crippen LogP contribution in [0, 0.1) is 0 Å². The van der Waals surface area contributed by atoms with Crippen molar-refractivity contribution in [2.75, 3.05) is 5.73 Å². The van der Waals surface area contributed by atoms with Gasteiger partial charge < -0.3 is 16.5 Å². The molecule has 2 rings (SSSR count). The van der Waals surface area contributed by atoms with Gasteiger partial charge in [0.2, 0.25) is 0 Å². The number of halogens is 1. The van der Waals surface area contributed by atoms with Gasteiger partial charge in [0.25, 0.3) is 5.91 Å². The van der Waals surface area contributed by atoms with Crippen molar-refractivity contribution in [1.82, 2.24) is 4.98 Å². The molecule has 0 saturated carbocycles. The second kappa shape index (κ2) is 3.90. The molecular weight excluding hydrogens is 226 g/mol. The predicted molar refractivity (Wildman–Crippen MR) is 64.2 cm³/mol. The summed E-state index contributed by atoms with van der Waals surface area (Å²) in [7, 11) is 0. The van der Waals surface area contributed by atoms with Gasteiger partial charge in [-0.25, -0.2) is 0 Å². The highest BCUT2D eigenvalue weighted by Gasteiger charge is 2.11. The molecule has 0 fully saturated rings. The van der Waals surface area contributed by atoms with Crippen LogP contribution < -0.4 is 11.5 Å². The lowest BCUT2D eigenvalue weighted by Gasteiger charge is -1.97. The number of anilines is 1. The number of benzene rings is 1. The van der Waals surface area contributed by atoms with Crippen molar-refractivity contribution < 1.29 is 4.79 Å². The molecule has 1 heterocycles. The standard InChI is InChI=1S/C11H10ClN3O/c12-7-3-1-6(2-4-7)9-5-8(11(14)16)10(13)15-9/h1-5,15H,13H2,(H2,14,16). The Hall–Kier alpha value is -1.94. The molecule has 0 atom stereocenters. The molecule has 0 aliphatic heterocycles. The van der Waals surface area contributed by atoms with Gasteiger partial charge in [0.05, 0.1) is 5.56 Å². The van der Waals surface area contributed by atoms with Crippen LogP contribution in [0.4, 0.5) is 5.82 Å². The predicted octanol–water partition coefficient (Wildman–Crippen LogP) is 2.02. The molecule has 0 bridgehead atoms. The third kappa shape index (κ3) is 1.87. The molecule has 2 aromatic rings. The largest absolute Gasteiger partial charge is 0.385 e.